The Kier molecular flexibility index (Phi) is 39.1. The molecular formula is C81H142N12O15S. The second-order valence-corrected chi connectivity index (χ2v) is 36.8. The molecule has 0 radical (unpaired) electrons. The van der Waals surface area contributed by atoms with E-state index in [2.05, 4.69) is 21.3 Å². The van der Waals surface area contributed by atoms with Crippen molar-refractivity contribution in [2.24, 2.45) is 59.2 Å². The highest BCUT2D eigenvalue weighted by Gasteiger charge is 2.45. The standard InChI is InChI=1S/C81H142N12O15S/c1-50(2)41-59-56(13)69(94)35-30-38-87(14)71(96)49-63(79(104)93-39-28-23-29-40-93)85-74(99)65(45-54(9)10)89(16)80(105)67(46-55(11)12)91(18)78(103)62(43-52(5)6)84-73(98)64(44-53(7)8)88(15)76(101)60(36-37-70(95)86-109(20,107)108)82-75(100)66(47-57-31-24-21-25-32-57)90(17)81(106)68(48-58-33-26-22-27-34-58)92(19)77(102)61(42-51(3)4)83-72(59)97/h50-68H,21-49H2,1-20H3,(H,82,100)(H,83,97)(H,84,98)(H,85,99)(H,86,95)/t56?,59-,60?,61+,62+,63+,64+,65+,66+,67+,68+/m1/s1. The third-order valence-corrected chi connectivity index (χ3v) is 23.2. The average molecular weight is 1560 g/mol. The maximum atomic E-state index is 15.9. The number of piperidine rings is 1. The minimum atomic E-state index is -4.10. The lowest BCUT2D eigenvalue weighted by Gasteiger charge is -2.39. The van der Waals surface area contributed by atoms with Gasteiger partial charge >= 0.3 is 0 Å². The molecule has 4 aliphatic rings. The number of hydrogen-bond donors (Lipinski definition) is 5. The van der Waals surface area contributed by atoms with Crippen molar-refractivity contribution in [2.45, 2.75) is 311 Å². The van der Waals surface area contributed by atoms with Crippen molar-refractivity contribution in [3.63, 3.8) is 0 Å². The summed E-state index contributed by atoms with van der Waals surface area (Å²) in [6.07, 6.45) is 11.5. The van der Waals surface area contributed by atoms with E-state index in [1.54, 1.807) is 25.9 Å². The highest BCUT2D eigenvalue weighted by molar-refractivity contribution is 7.89. The van der Waals surface area contributed by atoms with Crippen molar-refractivity contribution < 1.29 is 70.7 Å². The van der Waals surface area contributed by atoms with Gasteiger partial charge in [-0.15, -0.1) is 0 Å². The molecule has 5 N–H and O–H groups in total. The van der Waals surface area contributed by atoms with Crippen LogP contribution in [0.3, 0.4) is 0 Å². The average Bonchev–Trinajstić information content (AvgIpc) is 0.810. The van der Waals surface area contributed by atoms with Crippen LogP contribution in [0.4, 0.5) is 0 Å². The van der Waals surface area contributed by atoms with E-state index in [1.807, 2.05) is 87.8 Å². The van der Waals surface area contributed by atoms with Crippen LogP contribution in [0.15, 0.2) is 0 Å². The van der Waals surface area contributed by atoms with Gasteiger partial charge in [-0.3, -0.25) is 67.1 Å². The number of ketones is 1. The summed E-state index contributed by atoms with van der Waals surface area (Å²) >= 11 is 0. The fourth-order valence-corrected chi connectivity index (χ4v) is 16.7. The molecule has 0 aromatic heterocycles. The fourth-order valence-electron chi connectivity index (χ4n) is 16.2. The lowest BCUT2D eigenvalue weighted by atomic mass is 9.81. The molecule has 2 saturated carbocycles. The number of sulfonamides is 1. The van der Waals surface area contributed by atoms with E-state index in [9.17, 15) is 27.6 Å². The number of Topliss-reactive ketones (excluding diaryl/α,β-unsaturated/α-hetero) is 1. The Morgan fingerprint density at radius 2 is 0.807 bits per heavy atom. The number of rotatable bonds is 21. The summed E-state index contributed by atoms with van der Waals surface area (Å²) in [6, 6.07) is -11.6. The molecule has 0 spiro atoms. The molecule has 2 saturated heterocycles. The summed E-state index contributed by atoms with van der Waals surface area (Å²) in [6.45, 7) is 25.2. The van der Waals surface area contributed by atoms with Crippen LogP contribution in [0, 0.1) is 59.2 Å². The zero-order valence-electron chi connectivity index (χ0n) is 70.1. The number of carbonyl (C=O) groups excluding carboxylic acids is 13. The van der Waals surface area contributed by atoms with Gasteiger partial charge in [-0.2, -0.15) is 0 Å². The second kappa shape index (κ2) is 45.1. The summed E-state index contributed by atoms with van der Waals surface area (Å²) in [4.78, 5) is 205. The van der Waals surface area contributed by atoms with Gasteiger partial charge < -0.3 is 55.6 Å². The smallest absolute Gasteiger partial charge is 0.245 e. The van der Waals surface area contributed by atoms with Gasteiger partial charge in [0.25, 0.3) is 0 Å². The molecule has 12 amide bonds. The first-order chi connectivity index (χ1) is 50.9. The van der Waals surface area contributed by atoms with E-state index in [1.165, 1.54) is 52.7 Å². The molecule has 11 atom stereocenters. The monoisotopic (exact) mass is 1560 g/mol. The van der Waals surface area contributed by atoms with Crippen molar-refractivity contribution in [3.05, 3.63) is 0 Å². The van der Waals surface area contributed by atoms with Crippen molar-refractivity contribution in [1.82, 2.24) is 60.3 Å². The molecule has 0 bridgehead atoms. The van der Waals surface area contributed by atoms with Gasteiger partial charge in [0.1, 0.15) is 60.2 Å². The molecular weight excluding hydrogens is 1410 g/mol. The van der Waals surface area contributed by atoms with Crippen LogP contribution in [0.1, 0.15) is 257 Å². The first kappa shape index (κ1) is 94.6. The van der Waals surface area contributed by atoms with Gasteiger partial charge in [-0.25, -0.2) is 8.42 Å². The van der Waals surface area contributed by atoms with Gasteiger partial charge in [-0.05, 0) is 131 Å². The van der Waals surface area contributed by atoms with E-state index in [-0.39, 0.29) is 124 Å². The number of likely N-dealkylation sites (tertiary alicyclic amines) is 1. The highest BCUT2D eigenvalue weighted by atomic mass is 32.2. The Labute approximate surface area is 653 Å². The predicted octanol–water partition coefficient (Wildman–Crippen LogP) is 7.61. The van der Waals surface area contributed by atoms with Crippen molar-refractivity contribution in [1.29, 1.82) is 0 Å². The zero-order valence-corrected chi connectivity index (χ0v) is 71.0. The maximum Gasteiger partial charge on any atom is 0.245 e. The van der Waals surface area contributed by atoms with Crippen LogP contribution in [-0.2, 0) is 72.4 Å². The Hall–Kier alpha value is -6.74. The lowest BCUT2D eigenvalue weighted by molar-refractivity contribution is -0.151. The molecule has 2 heterocycles. The molecule has 2 aliphatic carbocycles. The van der Waals surface area contributed by atoms with E-state index < -0.39 is 166 Å². The van der Waals surface area contributed by atoms with Gasteiger partial charge in [0, 0.05) is 86.6 Å². The molecule has 4 rings (SSSR count). The summed E-state index contributed by atoms with van der Waals surface area (Å²) in [7, 11) is 4.80. The number of nitrogens with one attached hydrogen (secondary N) is 5. The van der Waals surface area contributed by atoms with Crippen LogP contribution in [0.2, 0.25) is 0 Å². The SMILES string of the molecule is CC(C)C[C@@H]1NC(=O)[C@H](CC(C)C)C(C)C(=O)CCCN(C)C(=O)C[C@@H](C(=O)N2CCCCC2)NC(=O)[C@H](CC(C)C)N(C)C(=O)[C@H](CC(C)C)N(C)C(=O)[C@H](CC(C)C)NC(=O)[C@H](CC(C)C)N(C)C(=O)C(CCC(=O)NS(C)(=O)=O)NC(=O)[C@H](CC2CCCCC2)N(C)C(=O)[C@H](CC2CCCCC2)N(C)C1=O. The molecule has 4 fully saturated rings. The van der Waals surface area contributed by atoms with Gasteiger partial charge in [0.05, 0.1) is 12.7 Å². The van der Waals surface area contributed by atoms with E-state index in [4.69, 9.17) is 0 Å². The Bertz CT molecular complexity index is 3160. The van der Waals surface area contributed by atoms with E-state index in [0.29, 0.717) is 13.1 Å². The first-order valence-electron chi connectivity index (χ1n) is 41.0. The third-order valence-electron chi connectivity index (χ3n) is 22.6. The lowest BCUT2D eigenvalue weighted by Crippen LogP contribution is -2.61. The van der Waals surface area contributed by atoms with Crippen LogP contribution in [0.5, 0.6) is 0 Å². The van der Waals surface area contributed by atoms with Gasteiger partial charge in [0.2, 0.25) is 80.9 Å². The van der Waals surface area contributed by atoms with E-state index >= 15 is 43.2 Å². The minimum Gasteiger partial charge on any atom is -0.346 e. The van der Waals surface area contributed by atoms with Crippen LogP contribution >= 0.6 is 0 Å². The highest BCUT2D eigenvalue weighted by Crippen LogP contribution is 2.34. The normalized spacial score (nSPS) is 26.9. The quantitative estimate of drug-likeness (QED) is 0.0738. The number of hydrogen-bond acceptors (Lipinski definition) is 15. The molecule has 2 unspecified atom stereocenters. The molecule has 0 aromatic rings. The molecule has 0 aromatic carbocycles. The number of likely N-dealkylation sites (N-methyl/N-ethyl adjacent to an activating group) is 5. The summed E-state index contributed by atoms with van der Waals surface area (Å²) in [5.41, 5.74) is 0. The van der Waals surface area contributed by atoms with Crippen LogP contribution in [0.25, 0.3) is 0 Å². The minimum absolute atomic E-state index is 0.00495. The molecule has 2 aliphatic heterocycles. The molecule has 28 heteroatoms. The fraction of sp³-hybridized carbons (Fsp3) is 0.840. The number of amides is 12. The summed E-state index contributed by atoms with van der Waals surface area (Å²) < 4.78 is 26.8. The van der Waals surface area contributed by atoms with Gasteiger partial charge in [0.15, 0.2) is 0 Å². The maximum absolute atomic E-state index is 15.9. The van der Waals surface area contributed by atoms with Crippen molar-refractivity contribution in [2.75, 3.05) is 68.2 Å². The molecule has 109 heavy (non-hydrogen) atoms. The Balaban J connectivity index is 2.01. The van der Waals surface area contributed by atoms with Crippen molar-refractivity contribution in [3.8, 4) is 0 Å². The van der Waals surface area contributed by atoms with Gasteiger partial charge in [-0.1, -0.05) is 154 Å². The van der Waals surface area contributed by atoms with Crippen LogP contribution in [-0.4, -0.2) is 242 Å². The Morgan fingerprint density at radius 1 is 0.431 bits per heavy atom. The van der Waals surface area contributed by atoms with E-state index in [0.717, 1.165) is 94.6 Å². The summed E-state index contributed by atoms with van der Waals surface area (Å²) in [5.74, 6) is -11.0. The number of nitrogens with zero attached hydrogens (tertiary/aromatic N) is 7. The largest absolute Gasteiger partial charge is 0.346 e. The van der Waals surface area contributed by atoms with Crippen molar-refractivity contribution >= 4 is 86.7 Å². The summed E-state index contributed by atoms with van der Waals surface area (Å²) in [5, 5.41) is 11.8. The third kappa shape index (κ3) is 30.4. The predicted molar refractivity (Wildman–Crippen MR) is 421 cm³/mol. The zero-order chi connectivity index (χ0) is 82.1. The molecule has 622 valence electrons. The second-order valence-electron chi connectivity index (χ2n) is 35.0. The molecule has 27 nitrogen and oxygen atoms in total. The Morgan fingerprint density at radius 3 is 1.28 bits per heavy atom. The number of carbonyl (C=O) groups is 13. The first-order valence-corrected chi connectivity index (χ1v) is 42.9. The topological polar surface area (TPSA) is 339 Å². The van der Waals surface area contributed by atoms with Crippen LogP contribution < -0.4 is 26.0 Å².